The minimum Gasteiger partial charge on any atom is -0.242 e. The molecule has 2 unspecified atom stereocenters. The van der Waals surface area contributed by atoms with E-state index in [1.807, 2.05) is 0 Å². The Morgan fingerprint density at radius 3 is 2.58 bits per heavy atom. The first kappa shape index (κ1) is 9.84. The van der Waals surface area contributed by atoms with Crippen LogP contribution in [-0.4, -0.2) is 11.5 Å². The molecule has 0 spiro atoms. The van der Waals surface area contributed by atoms with Crippen LogP contribution in [0.15, 0.2) is 23.8 Å². The van der Waals surface area contributed by atoms with Gasteiger partial charge in [-0.25, -0.2) is 13.2 Å². The lowest BCUT2D eigenvalue weighted by atomic mass is 9.84. The third kappa shape index (κ3) is 1.58. The molecule has 0 aromatic heterocycles. The molecule has 1 rings (SSSR count). The van der Waals surface area contributed by atoms with E-state index >= 15 is 0 Å². The van der Waals surface area contributed by atoms with Gasteiger partial charge in [0.25, 0.3) is 0 Å². The quantitative estimate of drug-likeness (QED) is 0.617. The van der Waals surface area contributed by atoms with Gasteiger partial charge in [0.2, 0.25) is 0 Å². The number of hydrogen-bond donors (Lipinski definition) is 0. The zero-order valence-corrected chi connectivity index (χ0v) is 8.04. The minimum atomic E-state index is -1.48. The highest BCUT2D eigenvalue weighted by molar-refractivity contribution is 9.09. The largest absolute Gasteiger partial charge is 0.242 e. The van der Waals surface area contributed by atoms with Crippen LogP contribution in [0.1, 0.15) is 6.92 Å². The van der Waals surface area contributed by atoms with Crippen LogP contribution in [0, 0.1) is 5.41 Å². The second-order valence-corrected chi connectivity index (χ2v) is 3.61. The Kier molecular flexibility index (Phi) is 2.66. The summed E-state index contributed by atoms with van der Waals surface area (Å²) >= 11 is 3.05. The predicted molar refractivity (Wildman–Crippen MR) is 45.2 cm³/mol. The summed E-state index contributed by atoms with van der Waals surface area (Å²) in [5.41, 5.74) is -0.973. The fourth-order valence-corrected chi connectivity index (χ4v) is 1.42. The molecule has 0 saturated heterocycles. The molecule has 0 heterocycles. The topological polar surface area (TPSA) is 0 Å². The lowest BCUT2D eigenvalue weighted by Gasteiger charge is -2.28. The molecule has 4 heteroatoms. The molecule has 0 radical (unpaired) electrons. The number of rotatable bonds is 1. The summed E-state index contributed by atoms with van der Waals surface area (Å²) < 4.78 is 38.2. The molecule has 0 saturated carbocycles. The number of allylic oxidation sites excluding steroid dienone is 4. The van der Waals surface area contributed by atoms with E-state index in [1.54, 1.807) is 0 Å². The van der Waals surface area contributed by atoms with E-state index < -0.39 is 23.2 Å². The van der Waals surface area contributed by atoms with Crippen molar-refractivity contribution in [3.8, 4) is 0 Å². The minimum absolute atomic E-state index is 0.262. The van der Waals surface area contributed by atoms with Crippen LogP contribution in [0.2, 0.25) is 0 Å². The van der Waals surface area contributed by atoms with Crippen molar-refractivity contribution in [3.05, 3.63) is 23.8 Å². The summed E-state index contributed by atoms with van der Waals surface area (Å²) in [5.74, 6) is -2.09. The highest BCUT2D eigenvalue weighted by atomic mass is 79.9. The van der Waals surface area contributed by atoms with Gasteiger partial charge in [-0.2, -0.15) is 0 Å². The number of halogens is 4. The Labute approximate surface area is 77.3 Å². The average molecular weight is 241 g/mol. The molecular formula is C8H8BrF3. The van der Waals surface area contributed by atoms with Crippen LogP contribution in [0.4, 0.5) is 13.2 Å². The second kappa shape index (κ2) is 3.24. The van der Waals surface area contributed by atoms with Gasteiger partial charge in [-0.3, -0.25) is 0 Å². The van der Waals surface area contributed by atoms with Gasteiger partial charge in [-0.15, -0.1) is 0 Å². The first-order valence-corrected chi connectivity index (χ1v) is 4.58. The third-order valence-electron chi connectivity index (χ3n) is 1.90. The summed E-state index contributed by atoms with van der Waals surface area (Å²) in [4.78, 5) is 0. The Morgan fingerprint density at radius 1 is 1.50 bits per heavy atom. The molecule has 1 aliphatic rings. The van der Waals surface area contributed by atoms with E-state index in [0.717, 1.165) is 6.08 Å². The van der Waals surface area contributed by atoms with E-state index in [2.05, 4.69) is 15.9 Å². The van der Waals surface area contributed by atoms with Gasteiger partial charge in [-0.05, 0) is 12.2 Å². The summed E-state index contributed by atoms with van der Waals surface area (Å²) in [6.07, 6.45) is 0.162. The maximum atomic E-state index is 13.1. The molecule has 0 N–H and O–H groups in total. The van der Waals surface area contributed by atoms with Gasteiger partial charge in [-0.1, -0.05) is 22.9 Å². The Balaban J connectivity index is 2.99. The van der Waals surface area contributed by atoms with Gasteiger partial charge >= 0.3 is 0 Å². The number of alkyl halides is 2. The maximum Gasteiger partial charge on any atom is 0.157 e. The normalized spacial score (nSPS) is 35.9. The third-order valence-corrected chi connectivity index (χ3v) is 3.10. The van der Waals surface area contributed by atoms with Crippen LogP contribution in [-0.2, 0) is 0 Å². The van der Waals surface area contributed by atoms with Crippen molar-refractivity contribution in [2.45, 2.75) is 13.1 Å². The fraction of sp³-hybridized carbons (Fsp3) is 0.500. The summed E-state index contributed by atoms with van der Waals surface area (Å²) in [6, 6.07) is 0. The zero-order chi connectivity index (χ0) is 9.35. The monoisotopic (exact) mass is 240 g/mol. The molecular weight excluding hydrogens is 233 g/mol. The van der Waals surface area contributed by atoms with Crippen molar-refractivity contribution in [2.75, 3.05) is 5.33 Å². The van der Waals surface area contributed by atoms with Gasteiger partial charge in [0.1, 0.15) is 6.17 Å². The van der Waals surface area contributed by atoms with Crippen LogP contribution in [0.3, 0.4) is 0 Å². The second-order valence-electron chi connectivity index (χ2n) is 3.05. The van der Waals surface area contributed by atoms with Crippen molar-refractivity contribution >= 4 is 15.9 Å². The van der Waals surface area contributed by atoms with Crippen molar-refractivity contribution in [3.63, 3.8) is 0 Å². The summed E-state index contributed by atoms with van der Waals surface area (Å²) in [7, 11) is 0. The highest BCUT2D eigenvalue weighted by Gasteiger charge is 2.35. The predicted octanol–water partition coefficient (Wildman–Crippen LogP) is 3.45. The molecule has 12 heavy (non-hydrogen) atoms. The molecule has 0 aromatic carbocycles. The smallest absolute Gasteiger partial charge is 0.157 e. The van der Waals surface area contributed by atoms with Crippen LogP contribution in [0.5, 0.6) is 0 Å². The van der Waals surface area contributed by atoms with Gasteiger partial charge in [0.05, 0.1) is 0 Å². The fourth-order valence-electron chi connectivity index (χ4n) is 0.949. The van der Waals surface area contributed by atoms with Crippen LogP contribution in [0.25, 0.3) is 0 Å². The summed E-state index contributed by atoms with van der Waals surface area (Å²) in [5, 5.41) is 0.262. The molecule has 0 aromatic rings. The van der Waals surface area contributed by atoms with Crippen molar-refractivity contribution in [1.82, 2.24) is 0 Å². The van der Waals surface area contributed by atoms with E-state index in [1.165, 1.54) is 6.92 Å². The van der Waals surface area contributed by atoms with E-state index in [0.29, 0.717) is 6.08 Å². The average Bonchev–Trinajstić information content (AvgIpc) is 2.01. The molecule has 2 atom stereocenters. The SMILES string of the molecule is CC1(CBr)C=C(F)C(F)=CC1F. The molecule has 0 fully saturated rings. The molecule has 0 bridgehead atoms. The Bertz CT molecular complexity index is 247. The number of hydrogen-bond acceptors (Lipinski definition) is 0. The molecule has 1 aliphatic carbocycles. The maximum absolute atomic E-state index is 13.1. The zero-order valence-electron chi connectivity index (χ0n) is 6.45. The molecule has 0 nitrogen and oxygen atoms in total. The Hall–Kier alpha value is -0.250. The van der Waals surface area contributed by atoms with Crippen LogP contribution < -0.4 is 0 Å². The standard InChI is InChI=1S/C8H8BrF3/c1-8(4-9)3-6(11)5(10)2-7(8)12/h2-3,7H,4H2,1H3. The first-order valence-electron chi connectivity index (χ1n) is 3.46. The van der Waals surface area contributed by atoms with Crippen molar-refractivity contribution < 1.29 is 13.2 Å². The van der Waals surface area contributed by atoms with Gasteiger partial charge < -0.3 is 0 Å². The van der Waals surface area contributed by atoms with Gasteiger partial charge in [0, 0.05) is 10.7 Å². The highest BCUT2D eigenvalue weighted by Crippen LogP contribution is 2.37. The summed E-state index contributed by atoms with van der Waals surface area (Å²) in [6.45, 7) is 1.52. The van der Waals surface area contributed by atoms with Crippen LogP contribution >= 0.6 is 15.9 Å². The molecule has 68 valence electrons. The first-order chi connectivity index (χ1) is 5.49. The lowest BCUT2D eigenvalue weighted by Crippen LogP contribution is -2.29. The van der Waals surface area contributed by atoms with Crippen molar-refractivity contribution in [1.29, 1.82) is 0 Å². The van der Waals surface area contributed by atoms with E-state index in [4.69, 9.17) is 0 Å². The molecule has 0 amide bonds. The van der Waals surface area contributed by atoms with E-state index in [-0.39, 0.29) is 5.33 Å². The van der Waals surface area contributed by atoms with Crippen molar-refractivity contribution in [2.24, 2.45) is 5.41 Å². The van der Waals surface area contributed by atoms with E-state index in [9.17, 15) is 13.2 Å². The lowest BCUT2D eigenvalue weighted by molar-refractivity contribution is 0.233. The Morgan fingerprint density at radius 2 is 2.08 bits per heavy atom. The van der Waals surface area contributed by atoms with Gasteiger partial charge in [0.15, 0.2) is 11.7 Å². The molecule has 0 aliphatic heterocycles.